The first-order chi connectivity index (χ1) is 7.54. The number of nitrogens with one attached hydrogen (secondary N) is 1. The molecular weight excluding hydrogens is 204 g/mol. The van der Waals surface area contributed by atoms with E-state index in [0.717, 1.165) is 25.8 Å². The van der Waals surface area contributed by atoms with Gasteiger partial charge in [0.05, 0.1) is 12.1 Å². The highest BCUT2D eigenvalue weighted by molar-refractivity contribution is 5.81. The highest BCUT2D eigenvalue weighted by atomic mass is 16.3. The molecule has 0 bridgehead atoms. The molecule has 0 aromatic carbocycles. The molecule has 0 aromatic rings. The van der Waals surface area contributed by atoms with E-state index in [-0.39, 0.29) is 24.1 Å². The Hall–Kier alpha value is -0.610. The third kappa shape index (κ3) is 3.76. The molecule has 0 aromatic heterocycles. The number of nitrogens with zero attached hydrogens (tertiary/aromatic N) is 1. The van der Waals surface area contributed by atoms with Crippen molar-refractivity contribution in [3.05, 3.63) is 0 Å². The van der Waals surface area contributed by atoms with E-state index in [2.05, 4.69) is 12.2 Å². The smallest absolute Gasteiger partial charge is 0.237 e. The van der Waals surface area contributed by atoms with E-state index in [1.54, 1.807) is 0 Å². The van der Waals surface area contributed by atoms with Gasteiger partial charge in [-0.25, -0.2) is 0 Å². The number of hydrogen-bond acceptors (Lipinski definition) is 3. The van der Waals surface area contributed by atoms with Crippen LogP contribution in [0.25, 0.3) is 0 Å². The standard InChI is InChI=1S/C12H24N2O2/c1-4-5-9(2)13-12(16)10(3)14-7-6-11(15)8-14/h9-11,15H,4-8H2,1-3H3,(H,13,16)/t9?,10?,11-/m0/s1. The Kier molecular flexibility index (Phi) is 5.22. The van der Waals surface area contributed by atoms with Crippen molar-refractivity contribution < 1.29 is 9.90 Å². The van der Waals surface area contributed by atoms with Gasteiger partial charge in [-0.1, -0.05) is 13.3 Å². The molecule has 1 aliphatic heterocycles. The molecule has 2 unspecified atom stereocenters. The first kappa shape index (κ1) is 13.5. The van der Waals surface area contributed by atoms with Gasteiger partial charge in [-0.15, -0.1) is 0 Å². The quantitative estimate of drug-likeness (QED) is 0.730. The topological polar surface area (TPSA) is 52.6 Å². The molecule has 0 radical (unpaired) electrons. The Morgan fingerprint density at radius 3 is 2.75 bits per heavy atom. The number of hydrogen-bond donors (Lipinski definition) is 2. The van der Waals surface area contributed by atoms with Crippen molar-refractivity contribution in [2.24, 2.45) is 0 Å². The molecule has 0 saturated carbocycles. The van der Waals surface area contributed by atoms with E-state index in [4.69, 9.17) is 0 Å². The Morgan fingerprint density at radius 2 is 2.25 bits per heavy atom. The fourth-order valence-electron chi connectivity index (χ4n) is 2.15. The Bertz CT molecular complexity index is 233. The summed E-state index contributed by atoms with van der Waals surface area (Å²) in [6, 6.07) is 0.115. The molecule has 1 rings (SSSR count). The fourth-order valence-corrected chi connectivity index (χ4v) is 2.15. The summed E-state index contributed by atoms with van der Waals surface area (Å²) in [7, 11) is 0. The Labute approximate surface area is 98.0 Å². The zero-order valence-corrected chi connectivity index (χ0v) is 10.6. The van der Waals surface area contributed by atoms with Crippen LogP contribution in [0.1, 0.15) is 40.0 Å². The number of rotatable bonds is 5. The fraction of sp³-hybridized carbons (Fsp3) is 0.917. The maximum Gasteiger partial charge on any atom is 0.237 e. The van der Waals surface area contributed by atoms with Crippen molar-refractivity contribution in [2.45, 2.75) is 58.2 Å². The third-order valence-corrected chi connectivity index (χ3v) is 3.23. The Morgan fingerprint density at radius 1 is 1.56 bits per heavy atom. The van der Waals surface area contributed by atoms with Crippen LogP contribution < -0.4 is 5.32 Å². The molecule has 0 spiro atoms. The molecule has 1 saturated heterocycles. The van der Waals surface area contributed by atoms with E-state index >= 15 is 0 Å². The number of likely N-dealkylation sites (tertiary alicyclic amines) is 1. The molecule has 3 atom stereocenters. The zero-order chi connectivity index (χ0) is 12.1. The van der Waals surface area contributed by atoms with Crippen LogP contribution in [0.3, 0.4) is 0 Å². The molecule has 4 heteroatoms. The van der Waals surface area contributed by atoms with Crippen molar-refractivity contribution in [1.82, 2.24) is 10.2 Å². The molecule has 1 fully saturated rings. The van der Waals surface area contributed by atoms with Gasteiger partial charge in [0, 0.05) is 19.1 Å². The van der Waals surface area contributed by atoms with Gasteiger partial charge in [-0.05, 0) is 26.7 Å². The number of amides is 1. The predicted molar refractivity (Wildman–Crippen MR) is 64.2 cm³/mol. The monoisotopic (exact) mass is 228 g/mol. The summed E-state index contributed by atoms with van der Waals surface area (Å²) >= 11 is 0. The van der Waals surface area contributed by atoms with Crippen molar-refractivity contribution in [2.75, 3.05) is 13.1 Å². The molecule has 2 N–H and O–H groups in total. The van der Waals surface area contributed by atoms with Crippen LogP contribution in [0.4, 0.5) is 0 Å². The second-order valence-corrected chi connectivity index (χ2v) is 4.81. The second-order valence-electron chi connectivity index (χ2n) is 4.81. The van der Waals surface area contributed by atoms with Crippen molar-refractivity contribution in [1.29, 1.82) is 0 Å². The molecular formula is C12H24N2O2. The lowest BCUT2D eigenvalue weighted by Gasteiger charge is -2.24. The first-order valence-electron chi connectivity index (χ1n) is 6.27. The van der Waals surface area contributed by atoms with Gasteiger partial charge >= 0.3 is 0 Å². The predicted octanol–water partition coefficient (Wildman–Crippen LogP) is 0.746. The highest BCUT2D eigenvalue weighted by Gasteiger charge is 2.28. The van der Waals surface area contributed by atoms with Crippen LogP contribution >= 0.6 is 0 Å². The minimum Gasteiger partial charge on any atom is -0.392 e. The third-order valence-electron chi connectivity index (χ3n) is 3.23. The first-order valence-corrected chi connectivity index (χ1v) is 6.27. The minimum absolute atomic E-state index is 0.0788. The van der Waals surface area contributed by atoms with Crippen LogP contribution in [-0.2, 0) is 4.79 Å². The second kappa shape index (κ2) is 6.21. The van der Waals surface area contributed by atoms with E-state index in [0.29, 0.717) is 6.54 Å². The molecule has 1 amide bonds. The SMILES string of the molecule is CCCC(C)NC(=O)C(C)N1CC[C@H](O)C1. The summed E-state index contributed by atoms with van der Waals surface area (Å²) in [4.78, 5) is 13.9. The Balaban J connectivity index is 2.35. The van der Waals surface area contributed by atoms with Crippen LogP contribution in [0.2, 0.25) is 0 Å². The van der Waals surface area contributed by atoms with Gasteiger partial charge in [0.1, 0.15) is 0 Å². The average Bonchev–Trinajstić information content (AvgIpc) is 2.64. The molecule has 94 valence electrons. The highest BCUT2D eigenvalue weighted by Crippen LogP contribution is 2.12. The normalized spacial score (nSPS) is 25.4. The molecule has 1 aliphatic rings. The van der Waals surface area contributed by atoms with Gasteiger partial charge in [0.25, 0.3) is 0 Å². The number of β-amino-alcohol motifs (C(OH)–C–C–N with tert-alkyl or cyclic N) is 1. The van der Waals surface area contributed by atoms with Crippen LogP contribution in [-0.4, -0.2) is 47.2 Å². The maximum atomic E-state index is 11.9. The summed E-state index contributed by atoms with van der Waals surface area (Å²) in [6.45, 7) is 7.50. The van der Waals surface area contributed by atoms with Crippen molar-refractivity contribution in [3.63, 3.8) is 0 Å². The lowest BCUT2D eigenvalue weighted by atomic mass is 10.2. The van der Waals surface area contributed by atoms with Crippen molar-refractivity contribution in [3.8, 4) is 0 Å². The van der Waals surface area contributed by atoms with Gasteiger partial charge in [-0.3, -0.25) is 9.69 Å². The van der Waals surface area contributed by atoms with Gasteiger partial charge in [0.15, 0.2) is 0 Å². The summed E-state index contributed by atoms with van der Waals surface area (Å²) in [5.41, 5.74) is 0. The van der Waals surface area contributed by atoms with Gasteiger partial charge in [0.2, 0.25) is 5.91 Å². The number of aliphatic hydroxyl groups excluding tert-OH is 1. The number of aliphatic hydroxyl groups is 1. The van der Waals surface area contributed by atoms with Crippen LogP contribution in [0.5, 0.6) is 0 Å². The largest absolute Gasteiger partial charge is 0.392 e. The van der Waals surface area contributed by atoms with Crippen LogP contribution in [0, 0.1) is 0 Å². The molecule has 16 heavy (non-hydrogen) atoms. The van der Waals surface area contributed by atoms with Gasteiger partial charge < -0.3 is 10.4 Å². The molecule has 1 heterocycles. The summed E-state index contributed by atoms with van der Waals surface area (Å²) < 4.78 is 0. The molecule has 0 aliphatic carbocycles. The number of carbonyl (C=O) groups excluding carboxylic acids is 1. The molecule has 4 nitrogen and oxygen atoms in total. The van der Waals surface area contributed by atoms with Crippen molar-refractivity contribution >= 4 is 5.91 Å². The summed E-state index contributed by atoms with van der Waals surface area (Å²) in [6.07, 6.45) is 2.62. The lowest BCUT2D eigenvalue weighted by Crippen LogP contribution is -2.47. The van der Waals surface area contributed by atoms with E-state index in [1.807, 2.05) is 18.7 Å². The average molecular weight is 228 g/mol. The van der Waals surface area contributed by atoms with E-state index in [1.165, 1.54) is 0 Å². The maximum absolute atomic E-state index is 11.9. The lowest BCUT2D eigenvalue weighted by molar-refractivity contribution is -0.126. The summed E-state index contributed by atoms with van der Waals surface area (Å²) in [5.74, 6) is 0.0788. The zero-order valence-electron chi connectivity index (χ0n) is 10.6. The number of carbonyl (C=O) groups is 1. The van der Waals surface area contributed by atoms with E-state index < -0.39 is 0 Å². The van der Waals surface area contributed by atoms with Gasteiger partial charge in [-0.2, -0.15) is 0 Å². The van der Waals surface area contributed by atoms with E-state index in [9.17, 15) is 9.90 Å². The minimum atomic E-state index is -0.261. The van der Waals surface area contributed by atoms with Crippen LogP contribution in [0.15, 0.2) is 0 Å². The summed E-state index contributed by atoms with van der Waals surface area (Å²) in [5, 5.41) is 12.4.